The molecule has 0 saturated heterocycles. The molecule has 2 N–H and O–H groups in total. The van der Waals surface area contributed by atoms with Crippen LogP contribution in [0.15, 0.2) is 78.0 Å². The number of anilines is 2. The Kier molecular flexibility index (Phi) is 6.94. The van der Waals surface area contributed by atoms with E-state index < -0.39 is 6.04 Å². The van der Waals surface area contributed by atoms with Crippen LogP contribution in [0.25, 0.3) is 0 Å². The smallest absolute Gasteiger partial charge is 0.255 e. The lowest BCUT2D eigenvalue weighted by Crippen LogP contribution is -2.31. The number of aromatic nitrogens is 4. The number of hydrogen-bond acceptors (Lipinski definition) is 8. The molecule has 1 aromatic heterocycles. The number of allylic oxidation sites excluding steroid dienone is 1. The van der Waals surface area contributed by atoms with Crippen molar-refractivity contribution in [1.82, 2.24) is 20.2 Å². The normalized spacial score (nSPS) is 14.4. The van der Waals surface area contributed by atoms with Gasteiger partial charge in [0.1, 0.15) is 18.4 Å². The number of methoxy groups -OCH3 is 2. The monoisotopic (exact) mass is 512 g/mol. The number of carbonyl (C=O) groups is 1. The van der Waals surface area contributed by atoms with Gasteiger partial charge in [-0.3, -0.25) is 4.79 Å². The Labute approximate surface area is 220 Å². The number of tetrazole rings is 1. The van der Waals surface area contributed by atoms with Crippen molar-refractivity contribution < 1.29 is 19.0 Å². The van der Waals surface area contributed by atoms with E-state index in [-0.39, 0.29) is 5.91 Å². The molecule has 5 rings (SSSR count). The number of fused-ring (bicyclic) bond motifs is 1. The molecule has 1 aliphatic rings. The summed E-state index contributed by atoms with van der Waals surface area (Å²) in [6.07, 6.45) is 0. The van der Waals surface area contributed by atoms with E-state index in [9.17, 15) is 4.79 Å². The highest BCUT2D eigenvalue weighted by Crippen LogP contribution is 2.39. The van der Waals surface area contributed by atoms with Gasteiger partial charge in [0, 0.05) is 5.70 Å². The minimum absolute atomic E-state index is 0.315. The van der Waals surface area contributed by atoms with Gasteiger partial charge in [0.05, 0.1) is 25.5 Å². The first-order valence-corrected chi connectivity index (χ1v) is 12.1. The quantitative estimate of drug-likeness (QED) is 0.355. The van der Waals surface area contributed by atoms with Gasteiger partial charge in [0.25, 0.3) is 5.91 Å². The Hall–Kier alpha value is -4.86. The number of nitrogens with one attached hydrogen (secondary N) is 2. The van der Waals surface area contributed by atoms with E-state index in [0.29, 0.717) is 46.8 Å². The number of para-hydroxylation sites is 2. The number of hydrogen-bond donors (Lipinski definition) is 2. The first-order chi connectivity index (χ1) is 18.5. The number of aryl methyl sites for hydroxylation is 1. The van der Waals surface area contributed by atoms with E-state index in [1.165, 1.54) is 0 Å². The summed E-state index contributed by atoms with van der Waals surface area (Å²) in [7, 11) is 3.14. The van der Waals surface area contributed by atoms with E-state index in [1.54, 1.807) is 31.0 Å². The maximum Gasteiger partial charge on any atom is 0.255 e. The number of carbonyl (C=O) groups excluding carboxylic acids is 1. The molecule has 1 atom stereocenters. The van der Waals surface area contributed by atoms with Crippen LogP contribution in [0.4, 0.5) is 11.6 Å². The third-order valence-electron chi connectivity index (χ3n) is 6.46. The summed E-state index contributed by atoms with van der Waals surface area (Å²) in [5, 5.41) is 18.1. The molecule has 38 heavy (non-hydrogen) atoms. The molecule has 0 bridgehead atoms. The number of nitrogens with zero attached hydrogens (tertiary/aromatic N) is 4. The Bertz CT molecular complexity index is 1510. The minimum Gasteiger partial charge on any atom is -0.495 e. The summed E-state index contributed by atoms with van der Waals surface area (Å²) in [4.78, 5) is 13.7. The third-order valence-corrected chi connectivity index (χ3v) is 6.46. The molecule has 1 unspecified atom stereocenters. The van der Waals surface area contributed by atoms with E-state index in [0.717, 1.165) is 16.7 Å². The lowest BCUT2D eigenvalue weighted by molar-refractivity contribution is -0.113. The standard InChI is InChI=1S/C28H28N6O4/c1-17-9-5-6-10-20(17)16-38-23-14-13-19(15-24(23)37-4)26-25(18(2)29-28-31-32-33-34(26)28)27(35)30-21-11-7-8-12-22(21)36-3/h5-15,26H,16H2,1-4H3,(H,30,35)(H,29,31,33). The van der Waals surface area contributed by atoms with Crippen molar-refractivity contribution in [2.24, 2.45) is 0 Å². The lowest BCUT2D eigenvalue weighted by Gasteiger charge is -2.28. The fourth-order valence-corrected chi connectivity index (χ4v) is 4.45. The first-order valence-electron chi connectivity index (χ1n) is 12.1. The van der Waals surface area contributed by atoms with Crippen molar-refractivity contribution in [1.29, 1.82) is 0 Å². The van der Waals surface area contributed by atoms with Gasteiger partial charge in [-0.2, -0.15) is 4.68 Å². The third kappa shape index (κ3) is 4.75. The van der Waals surface area contributed by atoms with Crippen LogP contribution < -0.4 is 24.8 Å². The fourth-order valence-electron chi connectivity index (χ4n) is 4.45. The molecule has 10 heteroatoms. The van der Waals surface area contributed by atoms with Crippen molar-refractivity contribution in [3.05, 3.63) is 94.7 Å². The number of amides is 1. The molecule has 0 spiro atoms. The van der Waals surface area contributed by atoms with E-state index in [1.807, 2.05) is 68.4 Å². The van der Waals surface area contributed by atoms with Crippen molar-refractivity contribution in [2.45, 2.75) is 26.5 Å². The first kappa shape index (κ1) is 24.8. The molecule has 194 valence electrons. The van der Waals surface area contributed by atoms with Gasteiger partial charge in [0.2, 0.25) is 5.95 Å². The highest BCUT2D eigenvalue weighted by atomic mass is 16.5. The molecule has 3 aromatic carbocycles. The van der Waals surface area contributed by atoms with Crippen LogP contribution >= 0.6 is 0 Å². The van der Waals surface area contributed by atoms with Crippen molar-refractivity contribution >= 4 is 17.5 Å². The second kappa shape index (κ2) is 10.6. The van der Waals surface area contributed by atoms with Gasteiger partial charge in [-0.05, 0) is 65.2 Å². The van der Waals surface area contributed by atoms with Gasteiger partial charge in [-0.25, -0.2) is 0 Å². The van der Waals surface area contributed by atoms with Gasteiger partial charge in [-0.1, -0.05) is 47.6 Å². The van der Waals surface area contributed by atoms with Gasteiger partial charge in [-0.15, -0.1) is 0 Å². The molecule has 10 nitrogen and oxygen atoms in total. The summed E-state index contributed by atoms with van der Waals surface area (Å²) < 4.78 is 18.8. The summed E-state index contributed by atoms with van der Waals surface area (Å²) in [5.41, 5.74) is 4.62. The zero-order valence-electron chi connectivity index (χ0n) is 21.6. The fraction of sp³-hybridized carbons (Fsp3) is 0.214. The second-order valence-corrected chi connectivity index (χ2v) is 8.79. The van der Waals surface area contributed by atoms with Crippen LogP contribution in [-0.2, 0) is 11.4 Å². The molecule has 4 aromatic rings. The van der Waals surface area contributed by atoms with Crippen LogP contribution in [0.5, 0.6) is 17.2 Å². The predicted octanol–water partition coefficient (Wildman–Crippen LogP) is 4.51. The number of benzene rings is 3. The van der Waals surface area contributed by atoms with Gasteiger partial charge >= 0.3 is 0 Å². The zero-order valence-corrected chi connectivity index (χ0v) is 21.6. The molecular formula is C28H28N6O4. The Morgan fingerprint density at radius 2 is 1.74 bits per heavy atom. The minimum atomic E-state index is -0.615. The van der Waals surface area contributed by atoms with Gasteiger partial charge in [0.15, 0.2) is 11.5 Å². The SMILES string of the molecule is COc1ccccc1NC(=O)C1=C(C)Nc2nnnn2C1c1ccc(OCc2ccccc2C)c(OC)c1. The molecular weight excluding hydrogens is 484 g/mol. The van der Waals surface area contributed by atoms with Crippen molar-refractivity contribution in [3.63, 3.8) is 0 Å². The van der Waals surface area contributed by atoms with Gasteiger partial charge < -0.3 is 24.8 Å². The van der Waals surface area contributed by atoms with Crippen LogP contribution in [0.2, 0.25) is 0 Å². The average molecular weight is 513 g/mol. The van der Waals surface area contributed by atoms with E-state index >= 15 is 0 Å². The molecule has 0 fully saturated rings. The van der Waals surface area contributed by atoms with E-state index in [4.69, 9.17) is 14.2 Å². The highest BCUT2D eigenvalue weighted by molar-refractivity contribution is 6.06. The van der Waals surface area contributed by atoms with Crippen molar-refractivity contribution in [2.75, 3.05) is 24.9 Å². The van der Waals surface area contributed by atoms with Crippen LogP contribution in [-0.4, -0.2) is 40.3 Å². The Morgan fingerprint density at radius 3 is 2.53 bits per heavy atom. The molecule has 0 radical (unpaired) electrons. The second-order valence-electron chi connectivity index (χ2n) is 8.79. The Morgan fingerprint density at radius 1 is 0.974 bits per heavy atom. The summed E-state index contributed by atoms with van der Waals surface area (Å²) in [6.45, 7) is 4.27. The predicted molar refractivity (Wildman–Crippen MR) is 142 cm³/mol. The summed E-state index contributed by atoms with van der Waals surface area (Å²) in [6, 6.07) is 20.3. The zero-order chi connectivity index (χ0) is 26.6. The number of rotatable bonds is 8. The maximum atomic E-state index is 13.7. The Balaban J connectivity index is 1.49. The number of ether oxygens (including phenoxy) is 3. The molecule has 1 aliphatic heterocycles. The van der Waals surface area contributed by atoms with E-state index in [2.05, 4.69) is 26.2 Å². The average Bonchev–Trinajstić information content (AvgIpc) is 3.40. The molecule has 0 saturated carbocycles. The van der Waals surface area contributed by atoms with Crippen LogP contribution in [0.3, 0.4) is 0 Å². The summed E-state index contributed by atoms with van der Waals surface area (Å²) >= 11 is 0. The van der Waals surface area contributed by atoms with Crippen LogP contribution in [0.1, 0.15) is 29.7 Å². The molecule has 0 aliphatic carbocycles. The molecule has 2 heterocycles. The largest absolute Gasteiger partial charge is 0.495 e. The molecule has 1 amide bonds. The maximum absolute atomic E-state index is 13.7. The summed E-state index contributed by atoms with van der Waals surface area (Å²) in [5.74, 6) is 1.79. The lowest BCUT2D eigenvalue weighted by atomic mass is 9.94. The van der Waals surface area contributed by atoms with Crippen molar-refractivity contribution in [3.8, 4) is 17.2 Å². The van der Waals surface area contributed by atoms with Crippen LogP contribution in [0, 0.1) is 6.92 Å². The topological polar surface area (TPSA) is 112 Å². The highest BCUT2D eigenvalue weighted by Gasteiger charge is 2.35.